The molecule has 0 spiro atoms. The van der Waals surface area contributed by atoms with Crippen molar-refractivity contribution >= 4 is 28.4 Å². The van der Waals surface area contributed by atoms with Gasteiger partial charge in [0.2, 0.25) is 5.95 Å². The molecule has 9 nitrogen and oxygen atoms in total. The van der Waals surface area contributed by atoms with Crippen LogP contribution in [0.5, 0.6) is 5.75 Å². The number of nitrogens with one attached hydrogen (secondary N) is 2. The topological polar surface area (TPSA) is 116 Å². The van der Waals surface area contributed by atoms with Crippen LogP contribution in [0.1, 0.15) is 31.2 Å². The third-order valence-corrected chi connectivity index (χ3v) is 6.21. The highest BCUT2D eigenvalue weighted by molar-refractivity contribution is 5.90. The van der Waals surface area contributed by atoms with Gasteiger partial charge in [0.15, 0.2) is 0 Å². The maximum atomic E-state index is 10.9. The first kappa shape index (κ1) is 22.7. The molecule has 9 heteroatoms. The Labute approximate surface area is 193 Å². The van der Waals surface area contributed by atoms with Crippen LogP contribution >= 0.6 is 0 Å². The highest BCUT2D eigenvalue weighted by Crippen LogP contribution is 2.28. The number of fused-ring (bicyclic) bond motifs is 1. The lowest BCUT2D eigenvalue weighted by atomic mass is 9.86. The van der Waals surface area contributed by atoms with Crippen molar-refractivity contribution in [1.82, 2.24) is 15.3 Å². The lowest BCUT2D eigenvalue weighted by molar-refractivity contribution is -0.384. The van der Waals surface area contributed by atoms with E-state index < -0.39 is 4.92 Å². The number of anilines is 2. The maximum Gasteiger partial charge on any atom is 0.270 e. The van der Waals surface area contributed by atoms with Crippen LogP contribution in [0.15, 0.2) is 42.5 Å². The number of phenols is 1. The fraction of sp³-hybridized carbons (Fsp3) is 0.417. The molecule has 4 rings (SSSR count). The van der Waals surface area contributed by atoms with Crippen molar-refractivity contribution in [2.75, 3.05) is 30.9 Å². The zero-order valence-corrected chi connectivity index (χ0v) is 19.0. The summed E-state index contributed by atoms with van der Waals surface area (Å²) in [6.45, 7) is 1.22. The van der Waals surface area contributed by atoms with Gasteiger partial charge in [-0.1, -0.05) is 12.1 Å². The molecule has 0 amide bonds. The molecule has 1 aliphatic rings. The second-order valence-electron chi connectivity index (χ2n) is 8.85. The lowest BCUT2D eigenvalue weighted by Gasteiger charge is -2.29. The Hall–Kier alpha value is -3.46. The highest BCUT2D eigenvalue weighted by atomic mass is 16.6. The number of non-ortho nitro benzene ring substituents is 1. The van der Waals surface area contributed by atoms with Crippen LogP contribution in [-0.2, 0) is 6.54 Å². The number of rotatable bonds is 8. The molecule has 1 heterocycles. The minimum atomic E-state index is -0.446. The fourth-order valence-electron chi connectivity index (χ4n) is 4.40. The first-order chi connectivity index (χ1) is 15.9. The summed E-state index contributed by atoms with van der Waals surface area (Å²) in [5, 5.41) is 28.8. The number of hydrogen-bond acceptors (Lipinski definition) is 8. The van der Waals surface area contributed by atoms with Gasteiger partial charge >= 0.3 is 0 Å². The number of nitrogens with zero attached hydrogens (tertiary/aromatic N) is 4. The molecular formula is C24H30N6O3. The van der Waals surface area contributed by atoms with Crippen LogP contribution in [-0.4, -0.2) is 46.7 Å². The molecule has 1 saturated carbocycles. The Morgan fingerprint density at radius 1 is 1.12 bits per heavy atom. The maximum absolute atomic E-state index is 10.9. The molecule has 3 aromatic rings. The second-order valence-corrected chi connectivity index (χ2v) is 8.85. The third-order valence-electron chi connectivity index (χ3n) is 6.21. The van der Waals surface area contributed by atoms with Gasteiger partial charge in [0.1, 0.15) is 11.6 Å². The van der Waals surface area contributed by atoms with Crippen molar-refractivity contribution in [3.8, 4) is 5.75 Å². The van der Waals surface area contributed by atoms with Crippen molar-refractivity contribution in [1.29, 1.82) is 0 Å². The van der Waals surface area contributed by atoms with Crippen molar-refractivity contribution in [3.05, 3.63) is 58.1 Å². The number of nitro groups is 1. The van der Waals surface area contributed by atoms with Gasteiger partial charge in [-0.2, -0.15) is 4.98 Å². The minimum Gasteiger partial charge on any atom is -0.508 e. The summed E-state index contributed by atoms with van der Waals surface area (Å²) >= 11 is 0. The summed E-state index contributed by atoms with van der Waals surface area (Å²) in [5.41, 5.74) is 1.47. The normalized spacial score (nSPS) is 18.2. The van der Waals surface area contributed by atoms with Crippen LogP contribution in [0.25, 0.3) is 10.9 Å². The zero-order chi connectivity index (χ0) is 23.4. The predicted octanol–water partition coefficient (Wildman–Crippen LogP) is 4.07. The highest BCUT2D eigenvalue weighted by Gasteiger charge is 2.22. The second kappa shape index (κ2) is 9.99. The smallest absolute Gasteiger partial charge is 0.270 e. The molecule has 33 heavy (non-hydrogen) atoms. The van der Waals surface area contributed by atoms with Crippen molar-refractivity contribution in [2.45, 2.75) is 38.3 Å². The number of benzene rings is 2. The number of aromatic hydroxyl groups is 1. The number of hydrogen-bond donors (Lipinski definition) is 3. The standard InChI is InChI=1S/C24H30N6O3/c1-29(2)23-20-5-3-4-6-21(20)27-24(28-23)26-18-9-7-16(8-10-18)14-25-15-17-13-19(30(32)33)11-12-22(17)31/h3-6,11-13,16,18,25,31H,7-10,14-15H2,1-2H3,(H,26,27,28). The van der Waals surface area contributed by atoms with E-state index in [1.807, 2.05) is 43.3 Å². The molecule has 0 atom stereocenters. The third kappa shape index (κ3) is 5.48. The summed E-state index contributed by atoms with van der Waals surface area (Å²) in [5.74, 6) is 2.18. The Balaban J connectivity index is 1.29. The van der Waals surface area contributed by atoms with Crippen LogP contribution in [0.3, 0.4) is 0 Å². The number of para-hydroxylation sites is 1. The van der Waals surface area contributed by atoms with Gasteiger partial charge in [-0.15, -0.1) is 0 Å². The van der Waals surface area contributed by atoms with Crippen LogP contribution in [0, 0.1) is 16.0 Å². The number of aromatic nitrogens is 2. The van der Waals surface area contributed by atoms with Gasteiger partial charge < -0.3 is 20.6 Å². The summed E-state index contributed by atoms with van der Waals surface area (Å²) in [7, 11) is 3.98. The van der Waals surface area contributed by atoms with E-state index in [1.165, 1.54) is 18.2 Å². The Kier molecular flexibility index (Phi) is 6.88. The molecule has 3 N–H and O–H groups in total. The van der Waals surface area contributed by atoms with Gasteiger partial charge in [-0.25, -0.2) is 4.98 Å². The molecule has 2 aromatic carbocycles. The van der Waals surface area contributed by atoms with Gasteiger partial charge in [-0.3, -0.25) is 10.1 Å². The van der Waals surface area contributed by atoms with E-state index in [-0.39, 0.29) is 11.4 Å². The molecule has 0 saturated heterocycles. The first-order valence-corrected chi connectivity index (χ1v) is 11.3. The molecule has 0 aliphatic heterocycles. The minimum absolute atomic E-state index is 0.00971. The largest absolute Gasteiger partial charge is 0.508 e. The van der Waals surface area contributed by atoms with E-state index in [2.05, 4.69) is 10.6 Å². The van der Waals surface area contributed by atoms with Crippen molar-refractivity contribution < 1.29 is 10.0 Å². The van der Waals surface area contributed by atoms with E-state index in [0.29, 0.717) is 30.0 Å². The van der Waals surface area contributed by atoms with E-state index >= 15 is 0 Å². The zero-order valence-electron chi connectivity index (χ0n) is 19.0. The van der Waals surface area contributed by atoms with E-state index in [0.717, 1.165) is 48.9 Å². The van der Waals surface area contributed by atoms with Crippen LogP contribution in [0.4, 0.5) is 17.5 Å². The first-order valence-electron chi connectivity index (χ1n) is 11.3. The lowest BCUT2D eigenvalue weighted by Crippen LogP contribution is -2.31. The average molecular weight is 451 g/mol. The molecule has 1 aliphatic carbocycles. The van der Waals surface area contributed by atoms with E-state index in [4.69, 9.17) is 9.97 Å². The van der Waals surface area contributed by atoms with E-state index in [9.17, 15) is 15.2 Å². The summed E-state index contributed by atoms with van der Waals surface area (Å²) in [4.78, 5) is 22.0. The van der Waals surface area contributed by atoms with Crippen LogP contribution < -0.4 is 15.5 Å². The summed E-state index contributed by atoms with van der Waals surface area (Å²) in [6.07, 6.45) is 4.20. The average Bonchev–Trinajstić information content (AvgIpc) is 2.80. The summed E-state index contributed by atoms with van der Waals surface area (Å²) < 4.78 is 0. The van der Waals surface area contributed by atoms with Gasteiger partial charge in [-0.05, 0) is 56.3 Å². The molecular weight excluding hydrogens is 420 g/mol. The predicted molar refractivity (Wildman–Crippen MR) is 130 cm³/mol. The quantitative estimate of drug-likeness (QED) is 0.347. The fourth-order valence-corrected chi connectivity index (χ4v) is 4.40. The van der Waals surface area contributed by atoms with Crippen molar-refractivity contribution in [3.63, 3.8) is 0 Å². The Morgan fingerprint density at radius 2 is 1.88 bits per heavy atom. The van der Waals surface area contributed by atoms with Gasteiger partial charge in [0, 0.05) is 49.8 Å². The Morgan fingerprint density at radius 3 is 2.61 bits per heavy atom. The molecule has 0 unspecified atom stereocenters. The molecule has 1 fully saturated rings. The SMILES string of the molecule is CN(C)c1nc(NC2CCC(CNCc3cc([N+](=O)[O-])ccc3O)CC2)nc2ccccc12. The van der Waals surface area contributed by atoms with Gasteiger partial charge in [0.25, 0.3) is 5.69 Å². The Bertz CT molecular complexity index is 1130. The van der Waals surface area contributed by atoms with Crippen LogP contribution in [0.2, 0.25) is 0 Å². The molecule has 1 aromatic heterocycles. The molecule has 174 valence electrons. The molecule has 0 bridgehead atoms. The van der Waals surface area contributed by atoms with E-state index in [1.54, 1.807) is 0 Å². The molecule has 0 radical (unpaired) electrons. The monoisotopic (exact) mass is 450 g/mol. The summed E-state index contributed by atoms with van der Waals surface area (Å²) in [6, 6.07) is 12.5. The van der Waals surface area contributed by atoms with Crippen molar-refractivity contribution in [2.24, 2.45) is 5.92 Å². The number of phenolic OH excluding ortho intramolecular Hbond substituents is 1. The number of nitro benzene ring substituents is 1. The van der Waals surface area contributed by atoms with Gasteiger partial charge in [0.05, 0.1) is 10.4 Å².